The molecule has 2 aromatic rings. The number of likely N-dealkylation sites (tertiary alicyclic amines) is 1. The molecule has 1 aliphatic heterocycles. The second-order valence-electron chi connectivity index (χ2n) is 8.78. The minimum Gasteiger partial charge on any atom is -0.492 e. The van der Waals surface area contributed by atoms with Gasteiger partial charge in [-0.05, 0) is 50.7 Å². The topological polar surface area (TPSA) is 93.4 Å². The van der Waals surface area contributed by atoms with Gasteiger partial charge in [-0.25, -0.2) is 9.97 Å². The lowest BCUT2D eigenvalue weighted by Gasteiger charge is -2.20. The molecule has 3 N–H and O–H groups in total. The summed E-state index contributed by atoms with van der Waals surface area (Å²) in [6, 6.07) is 3.33. The molecular weight excluding hydrogens is 503 g/mol. The molecule has 0 unspecified atom stereocenters. The number of ether oxygens (including phenoxy) is 1. The van der Waals surface area contributed by atoms with Gasteiger partial charge in [-0.15, -0.1) is 0 Å². The van der Waals surface area contributed by atoms with Crippen molar-refractivity contribution < 1.29 is 22.7 Å². The van der Waals surface area contributed by atoms with E-state index in [4.69, 9.17) is 22.7 Å². The first-order valence-electron chi connectivity index (χ1n) is 11.5. The summed E-state index contributed by atoms with van der Waals surface area (Å²) < 4.78 is 46.3. The molecule has 7 nitrogen and oxygen atoms in total. The predicted octanol–water partition coefficient (Wildman–Crippen LogP) is 4.17. The lowest BCUT2D eigenvalue weighted by Crippen LogP contribution is -2.30. The van der Waals surface area contributed by atoms with Gasteiger partial charge in [0.2, 0.25) is 5.95 Å². The van der Waals surface area contributed by atoms with Gasteiger partial charge in [0.05, 0.1) is 11.1 Å². The summed E-state index contributed by atoms with van der Waals surface area (Å²) in [6.07, 6.45) is 3.67. The Balaban J connectivity index is 1.52. The van der Waals surface area contributed by atoms with E-state index in [1.165, 1.54) is 24.5 Å². The van der Waals surface area contributed by atoms with Gasteiger partial charge in [0.1, 0.15) is 12.4 Å². The number of rotatable bonds is 5. The van der Waals surface area contributed by atoms with Crippen molar-refractivity contribution in [2.24, 2.45) is 0 Å². The maximum absolute atomic E-state index is 13.5. The van der Waals surface area contributed by atoms with Crippen LogP contribution in [0.1, 0.15) is 30.4 Å². The van der Waals surface area contributed by atoms with Crippen LogP contribution in [0.2, 0.25) is 0 Å². The van der Waals surface area contributed by atoms with Crippen LogP contribution >= 0.6 is 12.2 Å². The normalized spacial score (nSPS) is 17.9. The van der Waals surface area contributed by atoms with Crippen molar-refractivity contribution in [2.75, 3.05) is 31.2 Å². The minimum atomic E-state index is -4.61. The third-order valence-electron chi connectivity index (χ3n) is 5.92. The van der Waals surface area contributed by atoms with Gasteiger partial charge in [0.15, 0.2) is 0 Å². The molecule has 37 heavy (non-hydrogen) atoms. The standard InChI is InChI=1S/C26H24F3N5O2S/c1-34-6-2-3-21(34)15-36-22-11-19(26(27,28)29)10-20(12-22)33-24(35)18-7-16(8-23(37)9-18)4-5-17-13-31-25(30)32-14-17/h7,9-14,21H,2-3,6,8,15H2,1H3,(H,33,35)(H2,30,31,32)/t21-/m0/s1. The third kappa shape index (κ3) is 7.15. The van der Waals surface area contributed by atoms with E-state index < -0.39 is 17.6 Å². The van der Waals surface area contributed by atoms with Gasteiger partial charge in [-0.2, -0.15) is 13.2 Å². The summed E-state index contributed by atoms with van der Waals surface area (Å²) in [5.74, 6) is 5.36. The molecule has 4 rings (SSSR count). The number of likely N-dealkylation sites (N-methyl/N-ethyl adjacent to an activating group) is 1. The van der Waals surface area contributed by atoms with Crippen molar-refractivity contribution in [3.05, 3.63) is 65.0 Å². The first-order chi connectivity index (χ1) is 17.6. The van der Waals surface area contributed by atoms with Crippen molar-refractivity contribution in [3.8, 4) is 17.6 Å². The lowest BCUT2D eigenvalue weighted by molar-refractivity contribution is -0.137. The number of anilines is 2. The van der Waals surface area contributed by atoms with Crippen LogP contribution in [0.15, 0.2) is 53.9 Å². The van der Waals surface area contributed by atoms with Gasteiger partial charge in [0.25, 0.3) is 5.91 Å². The number of halogens is 3. The summed E-state index contributed by atoms with van der Waals surface area (Å²) in [5.41, 5.74) is 5.80. The van der Waals surface area contributed by atoms with E-state index in [0.717, 1.165) is 31.5 Å². The summed E-state index contributed by atoms with van der Waals surface area (Å²) >= 11 is 5.30. The number of nitrogens with two attached hydrogens (primary N) is 1. The average Bonchev–Trinajstić information content (AvgIpc) is 3.26. The number of benzene rings is 1. The Hall–Kier alpha value is -3.75. The first kappa shape index (κ1) is 26.3. The van der Waals surface area contributed by atoms with Gasteiger partial charge in [0, 0.05) is 52.6 Å². The maximum Gasteiger partial charge on any atom is 0.416 e. The predicted molar refractivity (Wildman–Crippen MR) is 138 cm³/mol. The van der Waals surface area contributed by atoms with E-state index in [2.05, 4.69) is 32.0 Å². The van der Waals surface area contributed by atoms with Gasteiger partial charge >= 0.3 is 6.18 Å². The second kappa shape index (κ2) is 11.1. The van der Waals surface area contributed by atoms with Crippen molar-refractivity contribution in [3.63, 3.8) is 0 Å². The molecule has 0 bridgehead atoms. The summed E-state index contributed by atoms with van der Waals surface area (Å²) in [4.78, 5) is 23.3. The molecule has 1 saturated heterocycles. The fraction of sp³-hybridized carbons (Fsp3) is 0.308. The number of carbonyl (C=O) groups is 1. The number of nitrogens with one attached hydrogen (secondary N) is 1. The van der Waals surface area contributed by atoms with Gasteiger partial charge in [-0.3, -0.25) is 4.79 Å². The molecule has 1 atom stereocenters. The number of thiocarbonyl (C=S) groups is 1. The molecule has 2 heterocycles. The Morgan fingerprint density at radius 3 is 2.68 bits per heavy atom. The fourth-order valence-electron chi connectivity index (χ4n) is 3.96. The zero-order valence-corrected chi connectivity index (χ0v) is 20.7. The first-order valence-corrected chi connectivity index (χ1v) is 11.9. The number of allylic oxidation sites excluding steroid dienone is 2. The molecule has 2 aliphatic rings. The van der Waals surface area contributed by atoms with E-state index in [0.29, 0.717) is 22.4 Å². The molecule has 11 heteroatoms. The van der Waals surface area contributed by atoms with Crippen molar-refractivity contribution >= 4 is 34.6 Å². The van der Waals surface area contributed by atoms with Crippen molar-refractivity contribution in [2.45, 2.75) is 31.5 Å². The van der Waals surface area contributed by atoms with E-state index >= 15 is 0 Å². The number of nitrogens with zero attached hydrogens (tertiary/aromatic N) is 3. The van der Waals surface area contributed by atoms with Crippen molar-refractivity contribution in [1.82, 2.24) is 14.9 Å². The monoisotopic (exact) mass is 527 g/mol. The van der Waals surface area contributed by atoms with Gasteiger partial charge < -0.3 is 20.7 Å². The quantitative estimate of drug-likeness (QED) is 0.445. The van der Waals surface area contributed by atoms with Crippen molar-refractivity contribution in [1.29, 1.82) is 0 Å². The molecule has 0 saturated carbocycles. The van der Waals surface area contributed by atoms with E-state index in [-0.39, 0.29) is 35.6 Å². The largest absolute Gasteiger partial charge is 0.492 e. The Labute approximate surface area is 217 Å². The zero-order valence-electron chi connectivity index (χ0n) is 19.9. The van der Waals surface area contributed by atoms with Gasteiger partial charge in [-0.1, -0.05) is 24.1 Å². The number of carbonyl (C=O) groups excluding carboxylic acids is 1. The van der Waals surface area contributed by atoms with Crippen LogP contribution < -0.4 is 15.8 Å². The summed E-state index contributed by atoms with van der Waals surface area (Å²) in [7, 11) is 1.96. The van der Waals surface area contributed by atoms with Crippen LogP contribution in [0.4, 0.5) is 24.8 Å². The summed E-state index contributed by atoms with van der Waals surface area (Å²) in [5, 5.41) is 2.54. The van der Waals surface area contributed by atoms with Crippen LogP contribution in [-0.4, -0.2) is 51.9 Å². The summed E-state index contributed by atoms with van der Waals surface area (Å²) in [6.45, 7) is 1.18. The number of hydrogen-bond donors (Lipinski definition) is 2. The minimum absolute atomic E-state index is 0.0337. The highest BCUT2D eigenvalue weighted by Crippen LogP contribution is 2.34. The molecule has 0 spiro atoms. The molecule has 1 amide bonds. The van der Waals surface area contributed by atoms with Crippen LogP contribution in [-0.2, 0) is 11.0 Å². The maximum atomic E-state index is 13.5. The fourth-order valence-corrected chi connectivity index (χ4v) is 4.25. The Bertz CT molecular complexity index is 1330. The Kier molecular flexibility index (Phi) is 7.90. The van der Waals surface area contributed by atoms with E-state index in [9.17, 15) is 18.0 Å². The van der Waals surface area contributed by atoms with Crippen LogP contribution in [0.5, 0.6) is 5.75 Å². The molecule has 1 aliphatic carbocycles. The van der Waals surface area contributed by atoms with E-state index in [1.807, 2.05) is 7.05 Å². The number of alkyl halides is 3. The SMILES string of the molecule is CN1CCC[C@H]1COc1cc(NC(=O)C2=CC(=S)CC(C#Cc3cnc(N)nc3)=C2)cc(C(F)(F)F)c1. The Morgan fingerprint density at radius 1 is 1.24 bits per heavy atom. The molecule has 1 fully saturated rings. The molecule has 192 valence electrons. The van der Waals surface area contributed by atoms with E-state index in [1.54, 1.807) is 6.08 Å². The lowest BCUT2D eigenvalue weighted by atomic mass is 9.98. The molecular formula is C26H24F3N5O2S. The number of aromatic nitrogens is 2. The third-order valence-corrected chi connectivity index (χ3v) is 6.18. The van der Waals surface area contributed by atoms with Crippen LogP contribution in [0, 0.1) is 11.8 Å². The highest BCUT2D eigenvalue weighted by Gasteiger charge is 2.32. The van der Waals surface area contributed by atoms with Crippen LogP contribution in [0.25, 0.3) is 0 Å². The number of amides is 1. The smallest absolute Gasteiger partial charge is 0.416 e. The number of nitrogen functional groups attached to an aromatic ring is 1. The second-order valence-corrected chi connectivity index (χ2v) is 9.30. The highest BCUT2D eigenvalue weighted by molar-refractivity contribution is 7.80. The number of hydrogen-bond acceptors (Lipinski definition) is 7. The molecule has 1 aromatic heterocycles. The Morgan fingerprint density at radius 2 is 2.00 bits per heavy atom. The zero-order chi connectivity index (χ0) is 26.6. The highest BCUT2D eigenvalue weighted by atomic mass is 32.1. The molecule has 0 radical (unpaired) electrons. The van der Waals surface area contributed by atoms with Crippen LogP contribution in [0.3, 0.4) is 0 Å². The molecule has 1 aromatic carbocycles. The average molecular weight is 528 g/mol.